The third-order valence-electron chi connectivity index (χ3n) is 2.97. The Morgan fingerprint density at radius 2 is 1.88 bits per heavy atom. The Morgan fingerprint density at radius 3 is 2.59 bits per heavy atom. The van der Waals surface area contributed by atoms with Crippen molar-refractivity contribution in [3.63, 3.8) is 0 Å². The molecule has 0 aromatic carbocycles. The molecular weight excluding hydrogens is 212 g/mol. The molecule has 0 N–H and O–H groups in total. The van der Waals surface area contributed by atoms with Crippen molar-refractivity contribution in [2.45, 2.75) is 65.2 Å². The summed E-state index contributed by atoms with van der Waals surface area (Å²) in [6.07, 6.45) is 12.9. The molecule has 0 aliphatic carbocycles. The molecule has 0 saturated carbocycles. The Labute approximate surface area is 105 Å². The molecule has 0 atom stereocenters. The molecular formula is C15H24O2. The molecule has 0 amide bonds. The molecule has 0 unspecified atom stereocenters. The lowest BCUT2D eigenvalue weighted by atomic mass is 10.1. The van der Waals surface area contributed by atoms with E-state index in [9.17, 15) is 4.79 Å². The van der Waals surface area contributed by atoms with E-state index >= 15 is 0 Å². The van der Waals surface area contributed by atoms with Crippen LogP contribution in [0.25, 0.3) is 0 Å². The van der Waals surface area contributed by atoms with Crippen LogP contribution in [0.2, 0.25) is 0 Å². The van der Waals surface area contributed by atoms with E-state index in [1.165, 1.54) is 19.3 Å². The van der Waals surface area contributed by atoms with Gasteiger partial charge < -0.3 is 4.74 Å². The second-order valence-corrected chi connectivity index (χ2v) is 4.61. The zero-order chi connectivity index (χ0) is 12.5. The summed E-state index contributed by atoms with van der Waals surface area (Å²) in [5, 5.41) is 0. The van der Waals surface area contributed by atoms with Crippen molar-refractivity contribution in [3.05, 3.63) is 23.5 Å². The van der Waals surface area contributed by atoms with Crippen LogP contribution in [0.15, 0.2) is 23.5 Å². The van der Waals surface area contributed by atoms with Crippen molar-refractivity contribution in [1.29, 1.82) is 0 Å². The maximum Gasteiger partial charge on any atom is 0.343 e. The van der Waals surface area contributed by atoms with Gasteiger partial charge in [-0.25, -0.2) is 4.79 Å². The number of ether oxygens (including phenoxy) is 1. The molecule has 0 bridgehead atoms. The van der Waals surface area contributed by atoms with Crippen LogP contribution in [-0.2, 0) is 9.53 Å². The van der Waals surface area contributed by atoms with Gasteiger partial charge in [-0.1, -0.05) is 52.0 Å². The molecule has 1 aliphatic rings. The summed E-state index contributed by atoms with van der Waals surface area (Å²) in [6, 6.07) is 0. The number of hydrogen-bond acceptors (Lipinski definition) is 2. The zero-order valence-corrected chi connectivity index (χ0v) is 11.1. The molecule has 1 heterocycles. The van der Waals surface area contributed by atoms with Crippen LogP contribution in [0.1, 0.15) is 65.2 Å². The van der Waals surface area contributed by atoms with E-state index in [0.29, 0.717) is 0 Å². The summed E-state index contributed by atoms with van der Waals surface area (Å²) in [7, 11) is 0. The minimum absolute atomic E-state index is 0.161. The average molecular weight is 236 g/mol. The lowest BCUT2D eigenvalue weighted by Gasteiger charge is -2.00. The fourth-order valence-corrected chi connectivity index (χ4v) is 1.89. The number of hydrogen-bond donors (Lipinski definition) is 0. The van der Waals surface area contributed by atoms with E-state index in [0.717, 1.165) is 43.4 Å². The minimum atomic E-state index is -0.161. The van der Waals surface area contributed by atoms with Gasteiger partial charge in [-0.05, 0) is 18.9 Å². The van der Waals surface area contributed by atoms with Gasteiger partial charge in [-0.3, -0.25) is 0 Å². The standard InChI is InChI=1S/C15H24O2/c1-3-5-7-9-11-14-12-13(15(16)17-14)10-8-6-4-2/h10,12H,3-9,11H2,1-2H3/b13-10+. The van der Waals surface area contributed by atoms with Gasteiger partial charge in [-0.15, -0.1) is 0 Å². The van der Waals surface area contributed by atoms with Gasteiger partial charge in [0, 0.05) is 6.42 Å². The summed E-state index contributed by atoms with van der Waals surface area (Å²) < 4.78 is 5.24. The summed E-state index contributed by atoms with van der Waals surface area (Å²) in [4.78, 5) is 11.5. The van der Waals surface area contributed by atoms with E-state index < -0.39 is 0 Å². The second kappa shape index (κ2) is 8.10. The number of carbonyl (C=O) groups excluding carboxylic acids is 1. The topological polar surface area (TPSA) is 26.3 Å². The summed E-state index contributed by atoms with van der Waals surface area (Å²) in [6.45, 7) is 4.35. The lowest BCUT2D eigenvalue weighted by Crippen LogP contribution is -1.97. The van der Waals surface area contributed by atoms with E-state index in [1.807, 2.05) is 12.2 Å². The van der Waals surface area contributed by atoms with Crippen LogP contribution in [0.3, 0.4) is 0 Å². The molecule has 0 saturated heterocycles. The third kappa shape index (κ3) is 5.20. The monoisotopic (exact) mass is 236 g/mol. The van der Waals surface area contributed by atoms with E-state index in [4.69, 9.17) is 4.74 Å². The number of esters is 1. The maximum absolute atomic E-state index is 11.5. The summed E-state index contributed by atoms with van der Waals surface area (Å²) in [5.41, 5.74) is 0.754. The largest absolute Gasteiger partial charge is 0.427 e. The molecule has 0 aromatic heterocycles. The predicted molar refractivity (Wildman–Crippen MR) is 70.5 cm³/mol. The third-order valence-corrected chi connectivity index (χ3v) is 2.97. The highest BCUT2D eigenvalue weighted by Crippen LogP contribution is 2.22. The molecule has 0 spiro atoms. The Morgan fingerprint density at radius 1 is 1.12 bits per heavy atom. The first-order chi connectivity index (χ1) is 8.27. The Bertz CT molecular complexity index is 300. The molecule has 96 valence electrons. The average Bonchev–Trinajstić information content (AvgIpc) is 2.66. The second-order valence-electron chi connectivity index (χ2n) is 4.61. The van der Waals surface area contributed by atoms with Gasteiger partial charge in [0.2, 0.25) is 0 Å². The van der Waals surface area contributed by atoms with E-state index in [2.05, 4.69) is 13.8 Å². The van der Waals surface area contributed by atoms with Crippen LogP contribution in [0.5, 0.6) is 0 Å². The van der Waals surface area contributed by atoms with Crippen molar-refractivity contribution < 1.29 is 9.53 Å². The molecule has 0 aromatic rings. The Hall–Kier alpha value is -1.05. The fraction of sp³-hybridized carbons (Fsp3) is 0.667. The number of rotatable bonds is 8. The molecule has 1 aliphatic heterocycles. The van der Waals surface area contributed by atoms with Crippen molar-refractivity contribution in [3.8, 4) is 0 Å². The predicted octanol–water partition coefficient (Wildman–Crippen LogP) is 4.51. The molecule has 0 fully saturated rings. The van der Waals surface area contributed by atoms with Crippen LogP contribution < -0.4 is 0 Å². The van der Waals surface area contributed by atoms with Gasteiger partial charge >= 0.3 is 5.97 Å². The van der Waals surface area contributed by atoms with Crippen LogP contribution in [0, 0.1) is 0 Å². The van der Waals surface area contributed by atoms with Crippen molar-refractivity contribution in [1.82, 2.24) is 0 Å². The lowest BCUT2D eigenvalue weighted by molar-refractivity contribution is -0.133. The highest BCUT2D eigenvalue weighted by atomic mass is 16.5. The molecule has 17 heavy (non-hydrogen) atoms. The quantitative estimate of drug-likeness (QED) is 0.352. The number of allylic oxidation sites excluding steroid dienone is 2. The number of carbonyl (C=O) groups is 1. The number of unbranched alkanes of at least 4 members (excludes halogenated alkanes) is 5. The van der Waals surface area contributed by atoms with Crippen molar-refractivity contribution in [2.75, 3.05) is 0 Å². The van der Waals surface area contributed by atoms with Gasteiger partial charge in [0.05, 0.1) is 5.57 Å². The first-order valence-corrected chi connectivity index (χ1v) is 6.90. The molecule has 2 heteroatoms. The maximum atomic E-state index is 11.5. The zero-order valence-electron chi connectivity index (χ0n) is 11.1. The minimum Gasteiger partial charge on any atom is -0.427 e. The van der Waals surface area contributed by atoms with Crippen molar-refractivity contribution in [2.24, 2.45) is 0 Å². The van der Waals surface area contributed by atoms with Crippen LogP contribution in [0.4, 0.5) is 0 Å². The SMILES string of the molecule is CCCC/C=C1\C=C(CCCCCC)OC1=O. The number of cyclic esters (lactones) is 1. The van der Waals surface area contributed by atoms with Crippen LogP contribution >= 0.6 is 0 Å². The highest BCUT2D eigenvalue weighted by molar-refractivity contribution is 5.94. The van der Waals surface area contributed by atoms with Gasteiger partial charge in [-0.2, -0.15) is 0 Å². The first kappa shape index (κ1) is 14.0. The summed E-state index contributed by atoms with van der Waals surface area (Å²) >= 11 is 0. The molecule has 2 nitrogen and oxygen atoms in total. The van der Waals surface area contributed by atoms with Gasteiger partial charge in [0.1, 0.15) is 5.76 Å². The normalized spacial score (nSPS) is 17.4. The highest BCUT2D eigenvalue weighted by Gasteiger charge is 2.19. The fourth-order valence-electron chi connectivity index (χ4n) is 1.89. The van der Waals surface area contributed by atoms with Crippen LogP contribution in [-0.4, -0.2) is 5.97 Å². The van der Waals surface area contributed by atoms with E-state index in [1.54, 1.807) is 0 Å². The Balaban J connectivity index is 2.34. The first-order valence-electron chi connectivity index (χ1n) is 6.90. The van der Waals surface area contributed by atoms with Gasteiger partial charge in [0.15, 0.2) is 0 Å². The Kier molecular flexibility index (Phi) is 6.68. The van der Waals surface area contributed by atoms with Gasteiger partial charge in [0.25, 0.3) is 0 Å². The molecule has 0 radical (unpaired) electrons. The summed E-state index contributed by atoms with van der Waals surface area (Å²) in [5.74, 6) is 0.695. The van der Waals surface area contributed by atoms with E-state index in [-0.39, 0.29) is 5.97 Å². The molecule has 1 rings (SSSR count). The smallest absolute Gasteiger partial charge is 0.343 e. The van der Waals surface area contributed by atoms with Crippen molar-refractivity contribution >= 4 is 5.97 Å².